The standard InChI is InChI=1S/C30H42O9/c1-14(7-16(32)8-15(2)26(38)39)17-9-22(36)30(6)24-18(33)10-21-27(3,23(24)19(34)12-29(17,30)5)11-20(35)25(37)28(21,4)13-31/h14-15,17-18,20-21,31,33,35H,7-13H2,1-6H3,(H,38,39)/t14?,15?,17-,18+,20?,21-,27+,28?,29-,30+/m1/s1. The number of hydrogen-bond donors (Lipinski definition) is 4. The van der Waals surface area contributed by atoms with Gasteiger partial charge < -0.3 is 20.4 Å². The van der Waals surface area contributed by atoms with Crippen LogP contribution in [0.5, 0.6) is 0 Å². The molecule has 10 atom stereocenters. The highest BCUT2D eigenvalue weighted by atomic mass is 16.4. The van der Waals surface area contributed by atoms with Crippen molar-refractivity contribution in [2.45, 2.75) is 92.3 Å². The lowest BCUT2D eigenvalue weighted by Gasteiger charge is -2.61. The first-order chi connectivity index (χ1) is 17.9. The van der Waals surface area contributed by atoms with Crippen molar-refractivity contribution in [3.05, 3.63) is 11.1 Å². The average molecular weight is 547 g/mol. The van der Waals surface area contributed by atoms with E-state index in [2.05, 4.69) is 0 Å². The number of carbonyl (C=O) groups excluding carboxylic acids is 4. The Kier molecular flexibility index (Phi) is 7.18. The molecule has 0 bridgehead atoms. The molecule has 4 N–H and O–H groups in total. The predicted octanol–water partition coefficient (Wildman–Crippen LogP) is 2.28. The lowest BCUT2D eigenvalue weighted by Crippen LogP contribution is -2.63. The van der Waals surface area contributed by atoms with Crippen molar-refractivity contribution in [2.24, 2.45) is 45.3 Å². The molecule has 0 radical (unpaired) electrons. The fraction of sp³-hybridized carbons (Fsp3) is 0.767. The molecule has 0 spiro atoms. The molecule has 39 heavy (non-hydrogen) atoms. The van der Waals surface area contributed by atoms with Crippen LogP contribution in [0.3, 0.4) is 0 Å². The maximum atomic E-state index is 14.1. The molecule has 216 valence electrons. The fourth-order valence-electron chi connectivity index (χ4n) is 9.09. The van der Waals surface area contributed by atoms with Gasteiger partial charge >= 0.3 is 5.97 Å². The highest BCUT2D eigenvalue weighted by Gasteiger charge is 2.71. The Morgan fingerprint density at radius 1 is 1.00 bits per heavy atom. The van der Waals surface area contributed by atoms with Gasteiger partial charge in [0.05, 0.1) is 29.5 Å². The van der Waals surface area contributed by atoms with E-state index in [4.69, 9.17) is 0 Å². The molecule has 4 aliphatic rings. The second-order valence-corrected chi connectivity index (χ2v) is 13.7. The number of hydrogen-bond acceptors (Lipinski definition) is 8. The van der Waals surface area contributed by atoms with Gasteiger partial charge in [0.25, 0.3) is 0 Å². The van der Waals surface area contributed by atoms with Crippen molar-refractivity contribution < 1.29 is 44.4 Å². The second-order valence-electron chi connectivity index (χ2n) is 13.7. The summed E-state index contributed by atoms with van der Waals surface area (Å²) in [5, 5.41) is 41.8. The molecule has 4 aliphatic carbocycles. The highest BCUT2D eigenvalue weighted by molar-refractivity contribution is 6.06. The van der Waals surface area contributed by atoms with Gasteiger partial charge in [-0.1, -0.05) is 34.6 Å². The lowest BCUT2D eigenvalue weighted by molar-refractivity contribution is -0.165. The lowest BCUT2D eigenvalue weighted by atomic mass is 9.42. The van der Waals surface area contributed by atoms with Crippen molar-refractivity contribution in [2.75, 3.05) is 6.61 Å². The minimum absolute atomic E-state index is 0.0116. The van der Waals surface area contributed by atoms with Crippen molar-refractivity contribution in [1.82, 2.24) is 0 Å². The van der Waals surface area contributed by atoms with Gasteiger partial charge in [-0.15, -0.1) is 0 Å². The predicted molar refractivity (Wildman–Crippen MR) is 139 cm³/mol. The third kappa shape index (κ3) is 3.94. The molecule has 0 aromatic heterocycles. The Hall–Kier alpha value is -2.23. The highest BCUT2D eigenvalue weighted by Crippen LogP contribution is 2.70. The van der Waals surface area contributed by atoms with Crippen LogP contribution in [0.1, 0.15) is 80.1 Å². The summed E-state index contributed by atoms with van der Waals surface area (Å²) in [5.41, 5.74) is -3.77. The largest absolute Gasteiger partial charge is 0.481 e. The van der Waals surface area contributed by atoms with Gasteiger partial charge in [0.1, 0.15) is 17.7 Å². The summed E-state index contributed by atoms with van der Waals surface area (Å²) >= 11 is 0. The van der Waals surface area contributed by atoms with E-state index >= 15 is 0 Å². The normalized spacial score (nSPS) is 43.5. The van der Waals surface area contributed by atoms with Gasteiger partial charge in [0.15, 0.2) is 11.6 Å². The second kappa shape index (κ2) is 9.42. The van der Waals surface area contributed by atoms with E-state index < -0.39 is 64.1 Å². The number of aliphatic carboxylic acids is 1. The first kappa shape index (κ1) is 29.7. The van der Waals surface area contributed by atoms with Crippen LogP contribution in [-0.4, -0.2) is 68.3 Å². The van der Waals surface area contributed by atoms with Crippen LogP contribution in [0.2, 0.25) is 0 Å². The average Bonchev–Trinajstić information content (AvgIpc) is 3.04. The Morgan fingerprint density at radius 2 is 1.62 bits per heavy atom. The summed E-state index contributed by atoms with van der Waals surface area (Å²) in [6.45, 7) is 9.83. The van der Waals surface area contributed by atoms with E-state index in [-0.39, 0.29) is 67.7 Å². The molecular formula is C30H42O9. The van der Waals surface area contributed by atoms with E-state index in [0.29, 0.717) is 11.1 Å². The SMILES string of the molecule is CC(CC(=O)CC(C)[C@H]1CC(=O)[C@@]2(C)C3=C(C(=O)C[C@]12C)[C@@]1(C)CC(O)C(=O)C(C)(CO)[C@@H]1C[C@@H]3O)C(=O)O. The molecule has 0 amide bonds. The fourth-order valence-corrected chi connectivity index (χ4v) is 9.09. The molecule has 2 saturated carbocycles. The third-order valence-electron chi connectivity index (χ3n) is 11.4. The van der Waals surface area contributed by atoms with Crippen LogP contribution < -0.4 is 0 Å². The smallest absolute Gasteiger partial charge is 0.306 e. The molecule has 0 aromatic carbocycles. The number of carboxylic acid groups (broad SMARTS) is 1. The Morgan fingerprint density at radius 3 is 2.18 bits per heavy atom. The van der Waals surface area contributed by atoms with Crippen LogP contribution in [-0.2, 0) is 24.0 Å². The molecule has 0 aliphatic heterocycles. The summed E-state index contributed by atoms with van der Waals surface area (Å²) in [4.78, 5) is 64.9. The minimum atomic E-state index is -1.38. The zero-order valence-corrected chi connectivity index (χ0v) is 23.7. The monoisotopic (exact) mass is 546 g/mol. The number of carbonyl (C=O) groups is 5. The molecule has 2 fully saturated rings. The summed E-state index contributed by atoms with van der Waals surface area (Å²) < 4.78 is 0. The van der Waals surface area contributed by atoms with E-state index in [1.54, 1.807) is 20.8 Å². The Labute approximate surface area is 229 Å². The summed E-state index contributed by atoms with van der Waals surface area (Å²) in [5.74, 6) is -4.16. The van der Waals surface area contributed by atoms with Crippen molar-refractivity contribution in [3.63, 3.8) is 0 Å². The first-order valence-corrected chi connectivity index (χ1v) is 14.0. The number of aliphatic hydroxyl groups excluding tert-OH is 3. The quantitative estimate of drug-likeness (QED) is 0.375. The van der Waals surface area contributed by atoms with Gasteiger partial charge in [-0.05, 0) is 48.5 Å². The molecule has 4 rings (SSSR count). The maximum Gasteiger partial charge on any atom is 0.306 e. The number of carboxylic acids is 1. The van der Waals surface area contributed by atoms with Gasteiger partial charge in [0.2, 0.25) is 0 Å². The van der Waals surface area contributed by atoms with Gasteiger partial charge in [-0.25, -0.2) is 0 Å². The molecule has 9 heteroatoms. The molecule has 0 saturated heterocycles. The van der Waals surface area contributed by atoms with Gasteiger partial charge in [-0.3, -0.25) is 24.0 Å². The molecular weight excluding hydrogens is 504 g/mol. The molecule has 9 nitrogen and oxygen atoms in total. The zero-order chi connectivity index (χ0) is 29.5. The maximum absolute atomic E-state index is 14.1. The first-order valence-electron chi connectivity index (χ1n) is 14.0. The van der Waals surface area contributed by atoms with Crippen LogP contribution in [0.25, 0.3) is 0 Å². The van der Waals surface area contributed by atoms with Gasteiger partial charge in [-0.2, -0.15) is 0 Å². The summed E-state index contributed by atoms with van der Waals surface area (Å²) in [7, 11) is 0. The van der Waals surface area contributed by atoms with Gasteiger partial charge in [0, 0.05) is 36.7 Å². The van der Waals surface area contributed by atoms with Crippen molar-refractivity contribution in [1.29, 1.82) is 0 Å². The summed E-state index contributed by atoms with van der Waals surface area (Å²) in [6, 6.07) is 0. The molecule has 0 heterocycles. The number of fused-ring (bicyclic) bond motifs is 4. The van der Waals surface area contributed by atoms with Crippen LogP contribution in [0.4, 0.5) is 0 Å². The van der Waals surface area contributed by atoms with Crippen molar-refractivity contribution in [3.8, 4) is 0 Å². The molecule has 0 aromatic rings. The van der Waals surface area contributed by atoms with Crippen LogP contribution >= 0.6 is 0 Å². The van der Waals surface area contributed by atoms with E-state index in [0.717, 1.165) is 0 Å². The number of Topliss-reactive ketones (excluding diaryl/α,β-unsaturated/α-hetero) is 4. The zero-order valence-electron chi connectivity index (χ0n) is 23.7. The topological polar surface area (TPSA) is 166 Å². The van der Waals surface area contributed by atoms with Crippen LogP contribution in [0, 0.1) is 45.3 Å². The van der Waals surface area contributed by atoms with E-state index in [1.165, 1.54) is 6.92 Å². The number of allylic oxidation sites excluding steroid dienone is 1. The number of aliphatic hydroxyl groups is 3. The van der Waals surface area contributed by atoms with E-state index in [1.807, 2.05) is 13.8 Å². The Bertz CT molecular complexity index is 1170. The number of ketones is 4. The summed E-state index contributed by atoms with van der Waals surface area (Å²) in [6.07, 6.45) is -2.40. The minimum Gasteiger partial charge on any atom is -0.481 e. The number of rotatable bonds is 7. The third-order valence-corrected chi connectivity index (χ3v) is 11.4. The molecule has 4 unspecified atom stereocenters. The van der Waals surface area contributed by atoms with Crippen molar-refractivity contribution >= 4 is 29.1 Å². The Balaban J connectivity index is 1.78. The van der Waals surface area contributed by atoms with E-state index in [9.17, 15) is 44.4 Å². The van der Waals surface area contributed by atoms with Crippen LogP contribution in [0.15, 0.2) is 11.1 Å².